The van der Waals surface area contributed by atoms with Gasteiger partial charge in [0.25, 0.3) is 0 Å². The third kappa shape index (κ3) is 4.93. The molecule has 1 aromatic rings. The number of benzene rings is 1. The summed E-state index contributed by atoms with van der Waals surface area (Å²) in [5.41, 5.74) is 1.12. The summed E-state index contributed by atoms with van der Waals surface area (Å²) < 4.78 is 0. The fourth-order valence-corrected chi connectivity index (χ4v) is 2.19. The van der Waals surface area contributed by atoms with E-state index < -0.39 is 0 Å². The number of carbonyl (C=O) groups excluding carboxylic acids is 1. The van der Waals surface area contributed by atoms with Crippen molar-refractivity contribution in [2.24, 2.45) is 0 Å². The summed E-state index contributed by atoms with van der Waals surface area (Å²) in [5, 5.41) is 0. The maximum atomic E-state index is 12.3. The number of anilines is 1. The Labute approximate surface area is 117 Å². The number of nitrogens with zero attached hydrogens (tertiary/aromatic N) is 2. The van der Waals surface area contributed by atoms with Crippen LogP contribution in [0.4, 0.5) is 5.69 Å². The van der Waals surface area contributed by atoms with Crippen LogP contribution in [-0.2, 0) is 4.79 Å². The molecule has 0 spiro atoms. The van der Waals surface area contributed by atoms with Crippen LogP contribution in [0.1, 0.15) is 33.6 Å². The first-order chi connectivity index (χ1) is 9.22. The number of carbonyl (C=O) groups is 1. The molecular weight excluding hydrogens is 236 g/mol. The highest BCUT2D eigenvalue weighted by Gasteiger charge is 2.15. The van der Waals surface area contributed by atoms with E-state index >= 15 is 0 Å². The minimum Gasteiger partial charge on any atom is -0.362 e. The SMILES string of the molecule is CCCN(CCC)C(=O)CN(CC)c1ccccc1. The third-order valence-electron chi connectivity index (χ3n) is 3.17. The van der Waals surface area contributed by atoms with E-state index in [1.54, 1.807) is 0 Å². The Balaban J connectivity index is 2.66. The van der Waals surface area contributed by atoms with Crippen LogP contribution in [0.3, 0.4) is 0 Å². The van der Waals surface area contributed by atoms with Crippen LogP contribution in [0.15, 0.2) is 30.3 Å². The molecule has 1 aromatic carbocycles. The van der Waals surface area contributed by atoms with Crippen LogP contribution in [0.25, 0.3) is 0 Å². The van der Waals surface area contributed by atoms with E-state index in [1.165, 1.54) is 0 Å². The average Bonchev–Trinajstić information content (AvgIpc) is 2.45. The van der Waals surface area contributed by atoms with Gasteiger partial charge in [0.05, 0.1) is 6.54 Å². The van der Waals surface area contributed by atoms with Crippen LogP contribution in [0.5, 0.6) is 0 Å². The fraction of sp³-hybridized carbons (Fsp3) is 0.562. The molecule has 0 bridgehead atoms. The van der Waals surface area contributed by atoms with Crippen molar-refractivity contribution in [1.29, 1.82) is 0 Å². The standard InChI is InChI=1S/C16H26N2O/c1-4-12-18(13-5-2)16(19)14-17(6-3)15-10-8-7-9-11-15/h7-11H,4-6,12-14H2,1-3H3. The second kappa shape index (κ2) is 8.57. The summed E-state index contributed by atoms with van der Waals surface area (Å²) in [6.07, 6.45) is 2.03. The molecule has 0 aromatic heterocycles. The minimum atomic E-state index is 0.231. The molecule has 19 heavy (non-hydrogen) atoms. The van der Waals surface area contributed by atoms with Gasteiger partial charge < -0.3 is 9.80 Å². The van der Waals surface area contributed by atoms with E-state index in [2.05, 4.69) is 37.8 Å². The topological polar surface area (TPSA) is 23.6 Å². The van der Waals surface area contributed by atoms with Crippen LogP contribution >= 0.6 is 0 Å². The molecule has 0 N–H and O–H groups in total. The maximum absolute atomic E-state index is 12.3. The first-order valence-electron chi connectivity index (χ1n) is 7.30. The molecule has 0 aliphatic heterocycles. The zero-order valence-corrected chi connectivity index (χ0v) is 12.4. The van der Waals surface area contributed by atoms with E-state index in [0.29, 0.717) is 6.54 Å². The Morgan fingerprint density at radius 3 is 2.05 bits per heavy atom. The molecule has 0 heterocycles. The molecule has 106 valence electrons. The van der Waals surface area contributed by atoms with Crippen molar-refractivity contribution in [3.05, 3.63) is 30.3 Å². The van der Waals surface area contributed by atoms with E-state index in [1.807, 2.05) is 23.1 Å². The van der Waals surface area contributed by atoms with Crippen LogP contribution in [-0.4, -0.2) is 37.0 Å². The summed E-state index contributed by atoms with van der Waals surface area (Å²) >= 11 is 0. The molecule has 0 atom stereocenters. The Hall–Kier alpha value is -1.51. The zero-order chi connectivity index (χ0) is 14.1. The van der Waals surface area contributed by atoms with Crippen molar-refractivity contribution >= 4 is 11.6 Å². The van der Waals surface area contributed by atoms with Gasteiger partial charge >= 0.3 is 0 Å². The lowest BCUT2D eigenvalue weighted by Crippen LogP contribution is -2.41. The fourth-order valence-electron chi connectivity index (χ4n) is 2.19. The number of amides is 1. The van der Waals surface area contributed by atoms with Gasteiger partial charge in [0.15, 0.2) is 0 Å². The molecule has 1 rings (SSSR count). The molecule has 0 unspecified atom stereocenters. The molecule has 3 nitrogen and oxygen atoms in total. The highest BCUT2D eigenvalue weighted by atomic mass is 16.2. The Morgan fingerprint density at radius 1 is 1.00 bits per heavy atom. The van der Waals surface area contributed by atoms with Gasteiger partial charge in [-0.3, -0.25) is 4.79 Å². The molecule has 0 saturated carbocycles. The van der Waals surface area contributed by atoms with E-state index in [0.717, 1.165) is 38.2 Å². The van der Waals surface area contributed by atoms with E-state index in [-0.39, 0.29) is 5.91 Å². The number of hydrogen-bond acceptors (Lipinski definition) is 2. The quantitative estimate of drug-likeness (QED) is 0.718. The number of likely N-dealkylation sites (N-methyl/N-ethyl adjacent to an activating group) is 1. The Kier molecular flexibility index (Phi) is 7.01. The average molecular weight is 262 g/mol. The van der Waals surface area contributed by atoms with E-state index in [9.17, 15) is 4.79 Å². The van der Waals surface area contributed by atoms with Gasteiger partial charge in [-0.05, 0) is 31.9 Å². The van der Waals surface area contributed by atoms with Gasteiger partial charge in [-0.25, -0.2) is 0 Å². The van der Waals surface area contributed by atoms with Crippen molar-refractivity contribution < 1.29 is 4.79 Å². The summed E-state index contributed by atoms with van der Waals surface area (Å²) in [4.78, 5) is 16.5. The molecule has 3 heteroatoms. The minimum absolute atomic E-state index is 0.231. The molecule has 0 saturated heterocycles. The molecule has 0 fully saturated rings. The highest BCUT2D eigenvalue weighted by Crippen LogP contribution is 2.13. The Bertz CT molecular complexity index is 358. The molecule has 0 radical (unpaired) electrons. The largest absolute Gasteiger partial charge is 0.362 e. The smallest absolute Gasteiger partial charge is 0.242 e. The van der Waals surface area contributed by atoms with Crippen molar-refractivity contribution in [2.75, 3.05) is 31.1 Å². The van der Waals surface area contributed by atoms with Crippen molar-refractivity contribution in [3.63, 3.8) is 0 Å². The monoisotopic (exact) mass is 262 g/mol. The predicted molar refractivity (Wildman–Crippen MR) is 81.5 cm³/mol. The summed E-state index contributed by atoms with van der Waals surface area (Å²) in [6, 6.07) is 10.1. The summed E-state index contributed by atoms with van der Waals surface area (Å²) in [5.74, 6) is 0.231. The third-order valence-corrected chi connectivity index (χ3v) is 3.17. The van der Waals surface area contributed by atoms with Crippen LogP contribution < -0.4 is 4.90 Å². The second-order valence-corrected chi connectivity index (χ2v) is 4.73. The number of rotatable bonds is 8. The maximum Gasteiger partial charge on any atom is 0.242 e. The lowest BCUT2D eigenvalue weighted by Gasteiger charge is -2.27. The van der Waals surface area contributed by atoms with Crippen molar-refractivity contribution in [2.45, 2.75) is 33.6 Å². The van der Waals surface area contributed by atoms with Gasteiger partial charge in [-0.2, -0.15) is 0 Å². The molecule has 0 aliphatic rings. The highest BCUT2D eigenvalue weighted by molar-refractivity contribution is 5.81. The summed E-state index contributed by atoms with van der Waals surface area (Å²) in [7, 11) is 0. The first kappa shape index (κ1) is 15.5. The second-order valence-electron chi connectivity index (χ2n) is 4.73. The zero-order valence-electron chi connectivity index (χ0n) is 12.4. The van der Waals surface area contributed by atoms with Gasteiger partial charge in [0.1, 0.15) is 0 Å². The first-order valence-corrected chi connectivity index (χ1v) is 7.30. The van der Waals surface area contributed by atoms with Gasteiger partial charge in [0, 0.05) is 25.3 Å². The van der Waals surface area contributed by atoms with Gasteiger partial charge in [0.2, 0.25) is 5.91 Å². The number of para-hydroxylation sites is 1. The summed E-state index contributed by atoms with van der Waals surface area (Å²) in [6.45, 7) is 9.36. The Morgan fingerprint density at radius 2 is 1.58 bits per heavy atom. The molecule has 0 aliphatic carbocycles. The normalized spacial score (nSPS) is 10.3. The van der Waals surface area contributed by atoms with Crippen LogP contribution in [0, 0.1) is 0 Å². The predicted octanol–water partition coefficient (Wildman–Crippen LogP) is 3.16. The lowest BCUT2D eigenvalue weighted by molar-refractivity contribution is -0.129. The van der Waals surface area contributed by atoms with E-state index in [4.69, 9.17) is 0 Å². The van der Waals surface area contributed by atoms with Crippen molar-refractivity contribution in [3.8, 4) is 0 Å². The van der Waals surface area contributed by atoms with Crippen molar-refractivity contribution in [1.82, 2.24) is 4.90 Å². The van der Waals surface area contributed by atoms with Crippen LogP contribution in [0.2, 0.25) is 0 Å². The lowest BCUT2D eigenvalue weighted by atomic mass is 10.2. The van der Waals surface area contributed by atoms with Gasteiger partial charge in [-0.1, -0.05) is 32.0 Å². The number of hydrogen-bond donors (Lipinski definition) is 0. The van der Waals surface area contributed by atoms with Gasteiger partial charge in [-0.15, -0.1) is 0 Å². The molecular formula is C16H26N2O. The molecule has 1 amide bonds.